The number of nitrogens with zero attached hydrogens (tertiary/aromatic N) is 4. The van der Waals surface area contributed by atoms with Gasteiger partial charge in [0.15, 0.2) is 0 Å². The molecule has 2 heterocycles. The number of hydrogen-bond acceptors (Lipinski definition) is 4. The molecule has 0 saturated heterocycles. The van der Waals surface area contributed by atoms with Crippen molar-refractivity contribution in [2.45, 2.75) is 40.2 Å². The Hall–Kier alpha value is -1.91. The summed E-state index contributed by atoms with van der Waals surface area (Å²) in [4.78, 5) is 13.1. The van der Waals surface area contributed by atoms with Gasteiger partial charge in [-0.15, -0.1) is 0 Å². The summed E-state index contributed by atoms with van der Waals surface area (Å²) in [5, 5.41) is 3.33. The van der Waals surface area contributed by atoms with Gasteiger partial charge in [-0.1, -0.05) is 6.92 Å². The first kappa shape index (κ1) is 13.5. The Morgan fingerprint density at radius 2 is 2.05 bits per heavy atom. The second-order valence-electron chi connectivity index (χ2n) is 4.53. The Kier molecular flexibility index (Phi) is 4.49. The average Bonchev–Trinajstić information content (AvgIpc) is 2.87. The van der Waals surface area contributed by atoms with E-state index in [4.69, 9.17) is 0 Å². The monoisotopic (exact) mass is 259 g/mol. The minimum atomic E-state index is 0.746. The Balaban J connectivity index is 2.21. The summed E-state index contributed by atoms with van der Waals surface area (Å²) in [5.74, 6) is 1.98. The maximum Gasteiger partial charge on any atom is 0.132 e. The van der Waals surface area contributed by atoms with Gasteiger partial charge in [0, 0.05) is 37.5 Å². The first-order valence-corrected chi connectivity index (χ1v) is 6.80. The molecule has 5 heteroatoms. The highest BCUT2D eigenvalue weighted by Crippen LogP contribution is 2.16. The van der Waals surface area contributed by atoms with Crippen molar-refractivity contribution in [1.29, 1.82) is 0 Å². The Morgan fingerprint density at radius 3 is 2.79 bits per heavy atom. The minimum Gasteiger partial charge on any atom is -0.370 e. The Morgan fingerprint density at radius 1 is 1.21 bits per heavy atom. The van der Waals surface area contributed by atoms with E-state index >= 15 is 0 Å². The fourth-order valence-corrected chi connectivity index (χ4v) is 2.03. The van der Waals surface area contributed by atoms with E-state index in [-0.39, 0.29) is 0 Å². The molecule has 1 N–H and O–H groups in total. The van der Waals surface area contributed by atoms with E-state index in [2.05, 4.69) is 45.6 Å². The third-order valence-electron chi connectivity index (χ3n) is 3.20. The molecule has 5 nitrogen and oxygen atoms in total. The number of aryl methyl sites for hydroxylation is 1. The van der Waals surface area contributed by atoms with E-state index in [1.807, 2.05) is 12.4 Å². The third kappa shape index (κ3) is 3.10. The van der Waals surface area contributed by atoms with Crippen LogP contribution in [0.5, 0.6) is 0 Å². The molecule has 0 aromatic carbocycles. The molecule has 0 aliphatic rings. The number of imidazole rings is 1. The van der Waals surface area contributed by atoms with Crippen LogP contribution in [0.4, 0.5) is 5.82 Å². The van der Waals surface area contributed by atoms with Crippen molar-refractivity contribution >= 4 is 5.82 Å². The van der Waals surface area contributed by atoms with Crippen molar-refractivity contribution in [2.75, 3.05) is 11.9 Å². The molecule has 102 valence electrons. The van der Waals surface area contributed by atoms with Crippen LogP contribution in [-0.4, -0.2) is 26.1 Å². The van der Waals surface area contributed by atoms with Gasteiger partial charge in [-0.2, -0.15) is 0 Å². The van der Waals surface area contributed by atoms with Crippen LogP contribution in [0.3, 0.4) is 0 Å². The minimum absolute atomic E-state index is 0.746. The largest absolute Gasteiger partial charge is 0.370 e. The molecule has 0 fully saturated rings. The van der Waals surface area contributed by atoms with Gasteiger partial charge in [0.2, 0.25) is 0 Å². The lowest BCUT2D eigenvalue weighted by atomic mass is 10.1. The summed E-state index contributed by atoms with van der Waals surface area (Å²) in [6.45, 7) is 8.18. The van der Waals surface area contributed by atoms with Crippen LogP contribution in [0.2, 0.25) is 0 Å². The van der Waals surface area contributed by atoms with Gasteiger partial charge in [0.25, 0.3) is 0 Å². The van der Waals surface area contributed by atoms with Crippen LogP contribution in [0, 0.1) is 6.92 Å². The summed E-state index contributed by atoms with van der Waals surface area (Å²) in [6, 6.07) is 0. The van der Waals surface area contributed by atoms with Crippen molar-refractivity contribution in [3.63, 3.8) is 0 Å². The van der Waals surface area contributed by atoms with E-state index in [0.29, 0.717) is 0 Å². The SMILES string of the molecule is CCCNc1ncnc(Cc2nccn2CC)c1C. The molecule has 2 aromatic heterocycles. The van der Waals surface area contributed by atoms with Crippen molar-refractivity contribution in [1.82, 2.24) is 19.5 Å². The number of hydrogen-bond donors (Lipinski definition) is 1. The topological polar surface area (TPSA) is 55.6 Å². The lowest BCUT2D eigenvalue weighted by molar-refractivity contribution is 0.706. The van der Waals surface area contributed by atoms with Gasteiger partial charge >= 0.3 is 0 Å². The summed E-state index contributed by atoms with van der Waals surface area (Å²) >= 11 is 0. The molecule has 0 aliphatic carbocycles. The lowest BCUT2D eigenvalue weighted by Gasteiger charge is -2.11. The Labute approximate surface area is 114 Å². The molecule has 0 radical (unpaired) electrons. The average molecular weight is 259 g/mol. The molecule has 0 bridgehead atoms. The first-order chi connectivity index (χ1) is 9.26. The van der Waals surface area contributed by atoms with Crippen molar-refractivity contribution in [2.24, 2.45) is 0 Å². The van der Waals surface area contributed by atoms with Gasteiger partial charge in [-0.05, 0) is 20.3 Å². The van der Waals surface area contributed by atoms with Gasteiger partial charge in [0.1, 0.15) is 18.0 Å². The van der Waals surface area contributed by atoms with Crippen LogP contribution in [-0.2, 0) is 13.0 Å². The number of rotatable bonds is 6. The van der Waals surface area contributed by atoms with Crippen molar-refractivity contribution in [3.8, 4) is 0 Å². The van der Waals surface area contributed by atoms with E-state index in [1.54, 1.807) is 6.33 Å². The number of anilines is 1. The van der Waals surface area contributed by atoms with Crippen LogP contribution in [0.1, 0.15) is 37.4 Å². The molecule has 0 unspecified atom stereocenters. The maximum absolute atomic E-state index is 4.40. The molecule has 2 rings (SSSR count). The zero-order chi connectivity index (χ0) is 13.7. The third-order valence-corrected chi connectivity index (χ3v) is 3.20. The van der Waals surface area contributed by atoms with Crippen LogP contribution < -0.4 is 5.32 Å². The summed E-state index contributed by atoms with van der Waals surface area (Å²) in [6.07, 6.45) is 7.29. The van der Waals surface area contributed by atoms with E-state index in [0.717, 1.165) is 48.8 Å². The van der Waals surface area contributed by atoms with Crippen LogP contribution in [0.25, 0.3) is 0 Å². The number of aromatic nitrogens is 4. The molecular weight excluding hydrogens is 238 g/mol. The predicted octanol–water partition coefficient (Wildman–Crippen LogP) is 2.41. The van der Waals surface area contributed by atoms with Crippen LogP contribution in [0.15, 0.2) is 18.7 Å². The van der Waals surface area contributed by atoms with E-state index in [9.17, 15) is 0 Å². The molecular formula is C14H21N5. The summed E-state index contributed by atoms with van der Waals surface area (Å²) < 4.78 is 2.14. The molecule has 0 spiro atoms. The van der Waals surface area contributed by atoms with Gasteiger partial charge in [-0.25, -0.2) is 15.0 Å². The molecule has 0 amide bonds. The summed E-state index contributed by atoms with van der Waals surface area (Å²) in [5.41, 5.74) is 2.15. The van der Waals surface area contributed by atoms with Crippen LogP contribution >= 0.6 is 0 Å². The predicted molar refractivity (Wildman–Crippen MR) is 76.3 cm³/mol. The van der Waals surface area contributed by atoms with E-state index in [1.165, 1.54) is 0 Å². The second kappa shape index (κ2) is 6.31. The van der Waals surface area contributed by atoms with Gasteiger partial charge < -0.3 is 9.88 Å². The van der Waals surface area contributed by atoms with Gasteiger partial charge in [0.05, 0.1) is 5.69 Å². The quantitative estimate of drug-likeness (QED) is 0.865. The normalized spacial score (nSPS) is 10.7. The molecule has 0 saturated carbocycles. The van der Waals surface area contributed by atoms with E-state index < -0.39 is 0 Å². The standard InChI is InChI=1S/C14H21N5/c1-4-6-16-14-11(3)12(17-10-18-14)9-13-15-7-8-19(13)5-2/h7-8,10H,4-6,9H2,1-3H3,(H,16,17,18). The maximum atomic E-state index is 4.40. The van der Waals surface area contributed by atoms with Crippen molar-refractivity contribution < 1.29 is 0 Å². The smallest absolute Gasteiger partial charge is 0.132 e. The lowest BCUT2D eigenvalue weighted by Crippen LogP contribution is -2.09. The summed E-state index contributed by atoms with van der Waals surface area (Å²) in [7, 11) is 0. The highest BCUT2D eigenvalue weighted by Gasteiger charge is 2.10. The second-order valence-corrected chi connectivity index (χ2v) is 4.53. The number of nitrogens with one attached hydrogen (secondary N) is 1. The molecule has 0 aliphatic heterocycles. The first-order valence-electron chi connectivity index (χ1n) is 6.80. The highest BCUT2D eigenvalue weighted by atomic mass is 15.1. The zero-order valence-electron chi connectivity index (χ0n) is 11.8. The fourth-order valence-electron chi connectivity index (χ4n) is 2.03. The molecule has 19 heavy (non-hydrogen) atoms. The fraction of sp³-hybridized carbons (Fsp3) is 0.500. The Bertz CT molecular complexity index is 532. The van der Waals surface area contributed by atoms with Gasteiger partial charge in [-0.3, -0.25) is 0 Å². The molecule has 2 aromatic rings. The van der Waals surface area contributed by atoms with Crippen molar-refractivity contribution in [3.05, 3.63) is 35.8 Å². The molecule has 0 atom stereocenters. The highest BCUT2D eigenvalue weighted by molar-refractivity contribution is 5.45. The zero-order valence-corrected chi connectivity index (χ0v) is 11.8.